The van der Waals surface area contributed by atoms with Crippen LogP contribution in [-0.2, 0) is 5.41 Å². The molecule has 6 N–H and O–H groups in total. The lowest BCUT2D eigenvalue weighted by Gasteiger charge is -2.39. The summed E-state index contributed by atoms with van der Waals surface area (Å²) in [7, 11) is 0. The van der Waals surface area contributed by atoms with Crippen LogP contribution in [0.5, 0.6) is 11.5 Å². The largest absolute Gasteiger partial charge is 0.505 e. The van der Waals surface area contributed by atoms with Crippen molar-refractivity contribution in [2.24, 2.45) is 0 Å². The van der Waals surface area contributed by atoms with Gasteiger partial charge in [-0.1, -0.05) is 60.7 Å². The van der Waals surface area contributed by atoms with Crippen LogP contribution in [0.15, 0.2) is 84.9 Å². The predicted molar refractivity (Wildman–Crippen MR) is 129 cm³/mol. The Hall–Kier alpha value is -4.34. The summed E-state index contributed by atoms with van der Waals surface area (Å²) in [6.07, 6.45) is -11.9. The first-order chi connectivity index (χ1) is 17.3. The minimum Gasteiger partial charge on any atom is -0.505 e. The molecule has 192 valence electrons. The Morgan fingerprint density at radius 3 is 1.14 bits per heavy atom. The maximum atomic E-state index is 14.8. The van der Waals surface area contributed by atoms with Crippen LogP contribution < -0.4 is 11.5 Å². The lowest BCUT2D eigenvalue weighted by molar-refractivity contribution is -0.288. The van der Waals surface area contributed by atoms with Crippen molar-refractivity contribution < 1.29 is 36.6 Å². The van der Waals surface area contributed by atoms with Gasteiger partial charge < -0.3 is 21.7 Å². The molecular weight excluding hydrogens is 498 g/mol. The zero-order valence-electron chi connectivity index (χ0n) is 18.9. The fraction of sp³-hybridized carbons (Fsp3) is 0.111. The summed E-state index contributed by atoms with van der Waals surface area (Å²) in [6.45, 7) is 0. The molecule has 0 spiro atoms. The van der Waals surface area contributed by atoms with E-state index in [0.717, 1.165) is 0 Å². The van der Waals surface area contributed by atoms with Crippen molar-refractivity contribution >= 4 is 11.4 Å². The number of nitrogens with two attached hydrogens (primary N) is 2. The van der Waals surface area contributed by atoms with Gasteiger partial charge in [0.1, 0.15) is 11.5 Å². The van der Waals surface area contributed by atoms with E-state index < -0.39 is 51.8 Å². The molecule has 10 heteroatoms. The number of benzene rings is 4. The number of rotatable bonds is 4. The quantitative estimate of drug-likeness (QED) is 0.133. The van der Waals surface area contributed by atoms with E-state index in [2.05, 4.69) is 0 Å². The highest BCUT2D eigenvalue weighted by molar-refractivity contribution is 5.81. The van der Waals surface area contributed by atoms with Crippen LogP contribution >= 0.6 is 0 Å². The standard InChI is InChI=1S/C27H20F6N2O2/c28-26(29,30)25(27(31,32)33,17-11-19(23(36)21(34)13-17)15-7-3-1-4-8-15)18-12-20(24(37)22(35)14-18)16-9-5-2-6-10-16/h1-14,36-37H,34-35H2. The monoisotopic (exact) mass is 518 g/mol. The van der Waals surface area contributed by atoms with E-state index in [9.17, 15) is 36.6 Å². The molecule has 4 nitrogen and oxygen atoms in total. The highest BCUT2D eigenvalue weighted by Crippen LogP contribution is 2.58. The molecule has 0 saturated heterocycles. The maximum absolute atomic E-state index is 14.8. The van der Waals surface area contributed by atoms with Gasteiger partial charge in [0.15, 0.2) is 0 Å². The summed E-state index contributed by atoms with van der Waals surface area (Å²) in [5, 5.41) is 20.9. The molecule has 0 aliphatic heterocycles. The molecule has 0 unspecified atom stereocenters. The van der Waals surface area contributed by atoms with Gasteiger partial charge in [-0.25, -0.2) is 0 Å². The van der Waals surface area contributed by atoms with Crippen molar-refractivity contribution in [3.8, 4) is 33.8 Å². The van der Waals surface area contributed by atoms with E-state index in [0.29, 0.717) is 24.3 Å². The van der Waals surface area contributed by atoms with Gasteiger partial charge in [-0.05, 0) is 46.5 Å². The zero-order valence-corrected chi connectivity index (χ0v) is 18.9. The Balaban J connectivity index is 2.14. The number of hydrogen-bond donors (Lipinski definition) is 4. The first kappa shape index (κ1) is 25.7. The zero-order chi connectivity index (χ0) is 27.2. The third kappa shape index (κ3) is 4.18. The Morgan fingerprint density at radius 1 is 0.514 bits per heavy atom. The van der Waals surface area contributed by atoms with E-state index in [4.69, 9.17) is 11.5 Å². The summed E-state index contributed by atoms with van der Waals surface area (Å²) in [5.41, 5.74) is 2.66. The number of nitrogen functional groups attached to an aromatic ring is 2. The van der Waals surface area contributed by atoms with Gasteiger partial charge in [-0.2, -0.15) is 26.3 Å². The molecule has 0 saturated carbocycles. The lowest BCUT2D eigenvalue weighted by atomic mass is 9.71. The van der Waals surface area contributed by atoms with Gasteiger partial charge in [-0.15, -0.1) is 0 Å². The molecule has 37 heavy (non-hydrogen) atoms. The van der Waals surface area contributed by atoms with E-state index in [1.54, 1.807) is 12.1 Å². The summed E-state index contributed by atoms with van der Waals surface area (Å²) in [6, 6.07) is 17.0. The van der Waals surface area contributed by atoms with Crippen LogP contribution in [0.3, 0.4) is 0 Å². The number of alkyl halides is 6. The van der Waals surface area contributed by atoms with Crippen LogP contribution in [0.25, 0.3) is 22.3 Å². The van der Waals surface area contributed by atoms with Crippen LogP contribution in [0.1, 0.15) is 11.1 Å². The SMILES string of the molecule is Nc1cc(C(c2cc(N)c(O)c(-c3ccccc3)c2)(C(F)(F)F)C(F)(F)F)cc(-c2ccccc2)c1O. The smallest absolute Gasteiger partial charge is 0.411 e. The Morgan fingerprint density at radius 2 is 0.838 bits per heavy atom. The van der Waals surface area contributed by atoms with Gasteiger partial charge in [0.05, 0.1) is 11.4 Å². The number of hydrogen-bond acceptors (Lipinski definition) is 4. The maximum Gasteiger partial charge on any atom is 0.411 e. The van der Waals surface area contributed by atoms with Gasteiger partial charge >= 0.3 is 12.4 Å². The minimum atomic E-state index is -5.94. The molecule has 0 atom stereocenters. The molecule has 4 aromatic carbocycles. The van der Waals surface area contributed by atoms with Crippen LogP contribution in [0, 0.1) is 0 Å². The number of aromatic hydroxyl groups is 2. The van der Waals surface area contributed by atoms with Gasteiger partial charge in [0.25, 0.3) is 0 Å². The summed E-state index contributed by atoms with van der Waals surface area (Å²) in [5.74, 6) is -1.33. The molecule has 0 amide bonds. The van der Waals surface area contributed by atoms with Crippen molar-refractivity contribution in [1.82, 2.24) is 0 Å². The normalized spacial score (nSPS) is 12.5. The van der Waals surface area contributed by atoms with Gasteiger partial charge in [0.2, 0.25) is 5.41 Å². The van der Waals surface area contributed by atoms with Crippen molar-refractivity contribution in [2.45, 2.75) is 17.8 Å². The molecule has 4 aromatic rings. The Kier molecular flexibility index (Phi) is 6.23. The Bertz CT molecular complexity index is 1320. The van der Waals surface area contributed by atoms with Crippen molar-refractivity contribution in [3.63, 3.8) is 0 Å². The first-order valence-corrected chi connectivity index (χ1v) is 10.8. The van der Waals surface area contributed by atoms with E-state index in [1.165, 1.54) is 48.5 Å². The summed E-state index contributed by atoms with van der Waals surface area (Å²) in [4.78, 5) is 0. The summed E-state index contributed by atoms with van der Waals surface area (Å²) < 4.78 is 89.1. The predicted octanol–water partition coefficient (Wildman–Crippen LogP) is 7.01. The number of anilines is 2. The molecular formula is C27H20F6N2O2. The average Bonchev–Trinajstić information content (AvgIpc) is 2.83. The second-order valence-corrected chi connectivity index (χ2v) is 8.40. The van der Waals surface area contributed by atoms with E-state index in [1.807, 2.05) is 0 Å². The number of halogens is 6. The molecule has 0 aromatic heterocycles. The van der Waals surface area contributed by atoms with Crippen molar-refractivity contribution in [1.29, 1.82) is 0 Å². The van der Waals surface area contributed by atoms with E-state index >= 15 is 0 Å². The summed E-state index contributed by atoms with van der Waals surface area (Å²) >= 11 is 0. The molecule has 0 radical (unpaired) electrons. The molecule has 0 aliphatic rings. The Labute approximate surface area is 207 Å². The van der Waals surface area contributed by atoms with Gasteiger partial charge in [0, 0.05) is 11.1 Å². The average molecular weight is 518 g/mol. The van der Waals surface area contributed by atoms with Crippen LogP contribution in [-0.4, -0.2) is 22.6 Å². The van der Waals surface area contributed by atoms with Crippen molar-refractivity contribution in [2.75, 3.05) is 11.5 Å². The first-order valence-electron chi connectivity index (χ1n) is 10.8. The van der Waals surface area contributed by atoms with Crippen molar-refractivity contribution in [3.05, 3.63) is 96.1 Å². The highest BCUT2D eigenvalue weighted by Gasteiger charge is 2.72. The molecule has 0 heterocycles. The number of phenolic OH excluding ortho intramolecular Hbond substituents is 2. The fourth-order valence-corrected chi connectivity index (χ4v) is 4.40. The second-order valence-electron chi connectivity index (χ2n) is 8.40. The van der Waals surface area contributed by atoms with Crippen LogP contribution in [0.2, 0.25) is 0 Å². The minimum absolute atomic E-state index is 0.155. The molecule has 0 fully saturated rings. The molecule has 4 rings (SSSR count). The third-order valence-corrected chi connectivity index (χ3v) is 6.16. The third-order valence-electron chi connectivity index (χ3n) is 6.16. The molecule has 0 aliphatic carbocycles. The lowest BCUT2D eigenvalue weighted by Crippen LogP contribution is -2.54. The van der Waals surface area contributed by atoms with Crippen LogP contribution in [0.4, 0.5) is 37.7 Å². The fourth-order valence-electron chi connectivity index (χ4n) is 4.40. The second kappa shape index (κ2) is 8.95. The molecule has 0 bridgehead atoms. The van der Waals surface area contributed by atoms with Gasteiger partial charge in [-0.3, -0.25) is 0 Å². The highest BCUT2D eigenvalue weighted by atomic mass is 19.4. The number of phenols is 2. The van der Waals surface area contributed by atoms with E-state index in [-0.39, 0.29) is 22.3 Å². The topological polar surface area (TPSA) is 92.5 Å².